The zero-order chi connectivity index (χ0) is 7.40. The summed E-state index contributed by atoms with van der Waals surface area (Å²) in [4.78, 5) is 0. The van der Waals surface area contributed by atoms with E-state index in [9.17, 15) is 0 Å². The first-order valence-electron chi connectivity index (χ1n) is 3.35. The van der Waals surface area contributed by atoms with Gasteiger partial charge < -0.3 is 0 Å². The van der Waals surface area contributed by atoms with E-state index in [1.165, 1.54) is 11.1 Å². The smallest absolute Gasteiger partial charge is 0.00718 e. The Morgan fingerprint density at radius 3 is 2.90 bits per heavy atom. The Balaban J connectivity index is 2.75. The molecule has 0 atom stereocenters. The fourth-order valence-electron chi connectivity index (χ4n) is 0.909. The highest BCUT2D eigenvalue weighted by Crippen LogP contribution is 2.04. The van der Waals surface area contributed by atoms with Gasteiger partial charge in [-0.15, -0.1) is 0 Å². The maximum atomic E-state index is 3.40. The molecule has 1 heteroatoms. The fraction of sp³-hybridized carbons (Fsp3) is 0.333. The summed E-state index contributed by atoms with van der Waals surface area (Å²) in [5, 5.41) is 1.03. The lowest BCUT2D eigenvalue weighted by atomic mass is 10.1. The van der Waals surface area contributed by atoms with E-state index < -0.39 is 0 Å². The monoisotopic (exact) mass is 197 g/mol. The number of halogens is 1. The van der Waals surface area contributed by atoms with Crippen LogP contribution < -0.4 is 0 Å². The zero-order valence-corrected chi connectivity index (χ0v) is 7.61. The molecule has 53 valence electrons. The van der Waals surface area contributed by atoms with Gasteiger partial charge >= 0.3 is 0 Å². The highest BCUT2D eigenvalue weighted by Gasteiger charge is 1.89. The summed E-state index contributed by atoms with van der Waals surface area (Å²) in [7, 11) is 0. The van der Waals surface area contributed by atoms with Gasteiger partial charge in [-0.25, -0.2) is 0 Å². The number of alkyl halides is 1. The molecule has 0 aromatic heterocycles. The van der Waals surface area contributed by atoms with E-state index in [1.807, 2.05) is 12.1 Å². The third-order valence-corrected chi connectivity index (χ3v) is 1.77. The van der Waals surface area contributed by atoms with Crippen molar-refractivity contribution in [1.82, 2.24) is 0 Å². The Kier molecular flexibility index (Phi) is 2.94. The number of hydrogen-bond acceptors (Lipinski definition) is 0. The van der Waals surface area contributed by atoms with Crippen molar-refractivity contribution in [2.45, 2.75) is 13.3 Å². The van der Waals surface area contributed by atoms with Crippen molar-refractivity contribution >= 4 is 15.9 Å². The van der Waals surface area contributed by atoms with E-state index in [1.54, 1.807) is 0 Å². The summed E-state index contributed by atoms with van der Waals surface area (Å²) in [6, 6.07) is 9.32. The average molecular weight is 198 g/mol. The SMILES string of the molecule is Cc1c[c]cc(CCBr)c1. The van der Waals surface area contributed by atoms with Gasteiger partial charge in [0, 0.05) is 5.33 Å². The van der Waals surface area contributed by atoms with Crippen molar-refractivity contribution < 1.29 is 0 Å². The standard InChI is InChI=1S/C9H10Br/c1-8-3-2-4-9(7-8)5-6-10/h3-4,7H,5-6H2,1H3. The van der Waals surface area contributed by atoms with Gasteiger partial charge in [0.15, 0.2) is 0 Å². The molecule has 0 aliphatic carbocycles. The molecule has 1 aromatic rings. The van der Waals surface area contributed by atoms with Crippen molar-refractivity contribution in [3.63, 3.8) is 0 Å². The number of rotatable bonds is 2. The topological polar surface area (TPSA) is 0 Å². The fourth-order valence-corrected chi connectivity index (χ4v) is 1.37. The van der Waals surface area contributed by atoms with Crippen molar-refractivity contribution in [2.24, 2.45) is 0 Å². The van der Waals surface area contributed by atoms with E-state index in [0.29, 0.717) is 0 Å². The Morgan fingerprint density at radius 1 is 1.50 bits per heavy atom. The van der Waals surface area contributed by atoms with Crippen LogP contribution in [0, 0.1) is 13.0 Å². The molecule has 0 amide bonds. The Hall–Kier alpha value is -0.300. The predicted molar refractivity (Wildman–Crippen MR) is 47.5 cm³/mol. The van der Waals surface area contributed by atoms with Crippen LogP contribution in [0.15, 0.2) is 18.2 Å². The highest BCUT2D eigenvalue weighted by molar-refractivity contribution is 9.09. The summed E-state index contributed by atoms with van der Waals surface area (Å²) in [6.07, 6.45) is 1.10. The van der Waals surface area contributed by atoms with Gasteiger partial charge in [-0.3, -0.25) is 0 Å². The van der Waals surface area contributed by atoms with Crippen molar-refractivity contribution in [1.29, 1.82) is 0 Å². The lowest BCUT2D eigenvalue weighted by Crippen LogP contribution is -1.85. The average Bonchev–Trinajstić information content (AvgIpc) is 1.88. The van der Waals surface area contributed by atoms with Crippen LogP contribution in [0.5, 0.6) is 0 Å². The summed E-state index contributed by atoms with van der Waals surface area (Å²) in [5.74, 6) is 0. The van der Waals surface area contributed by atoms with Gasteiger partial charge in [0.2, 0.25) is 0 Å². The Bertz CT molecular complexity index is 206. The first-order chi connectivity index (χ1) is 4.83. The molecule has 0 heterocycles. The molecule has 1 aromatic carbocycles. The molecule has 0 saturated carbocycles. The van der Waals surface area contributed by atoms with Crippen LogP contribution in [0.1, 0.15) is 11.1 Å². The molecule has 10 heavy (non-hydrogen) atoms. The summed E-state index contributed by atoms with van der Waals surface area (Å²) in [6.45, 7) is 2.09. The van der Waals surface area contributed by atoms with Crippen LogP contribution >= 0.6 is 15.9 Å². The molecule has 1 rings (SSSR count). The molecule has 0 unspecified atom stereocenters. The largest absolute Gasteiger partial charge is 0.0924 e. The normalized spacial score (nSPS) is 9.80. The molecule has 0 fully saturated rings. The van der Waals surface area contributed by atoms with Gasteiger partial charge in [0.1, 0.15) is 0 Å². The maximum absolute atomic E-state index is 3.40. The molecule has 0 nitrogen and oxygen atoms in total. The molecule has 0 saturated heterocycles. The summed E-state index contributed by atoms with van der Waals surface area (Å²) < 4.78 is 0. The minimum atomic E-state index is 1.03. The maximum Gasteiger partial charge on any atom is 0.00718 e. The second-order valence-corrected chi connectivity index (χ2v) is 3.15. The molecular formula is C9H10Br. The van der Waals surface area contributed by atoms with Crippen LogP contribution in [-0.4, -0.2) is 5.33 Å². The zero-order valence-electron chi connectivity index (χ0n) is 6.02. The predicted octanol–water partition coefficient (Wildman–Crippen LogP) is 2.73. The summed E-state index contributed by atoms with van der Waals surface area (Å²) in [5.41, 5.74) is 2.65. The van der Waals surface area contributed by atoms with Crippen molar-refractivity contribution in [2.75, 3.05) is 5.33 Å². The number of aryl methyl sites for hydroxylation is 2. The second kappa shape index (κ2) is 3.77. The van der Waals surface area contributed by atoms with Crippen LogP contribution in [0.3, 0.4) is 0 Å². The highest BCUT2D eigenvalue weighted by atomic mass is 79.9. The lowest BCUT2D eigenvalue weighted by Gasteiger charge is -1.97. The third kappa shape index (κ3) is 2.14. The Morgan fingerprint density at radius 2 is 2.30 bits per heavy atom. The van der Waals surface area contributed by atoms with Gasteiger partial charge in [0.25, 0.3) is 0 Å². The van der Waals surface area contributed by atoms with E-state index in [-0.39, 0.29) is 0 Å². The van der Waals surface area contributed by atoms with Gasteiger partial charge in [-0.1, -0.05) is 39.7 Å². The van der Waals surface area contributed by atoms with Crippen LogP contribution in [0.2, 0.25) is 0 Å². The van der Waals surface area contributed by atoms with E-state index in [0.717, 1.165) is 11.8 Å². The molecule has 0 aliphatic rings. The van der Waals surface area contributed by atoms with Crippen molar-refractivity contribution in [3.8, 4) is 0 Å². The summed E-state index contributed by atoms with van der Waals surface area (Å²) >= 11 is 3.40. The first-order valence-corrected chi connectivity index (χ1v) is 4.47. The van der Waals surface area contributed by atoms with E-state index in [4.69, 9.17) is 0 Å². The van der Waals surface area contributed by atoms with Crippen LogP contribution in [0.4, 0.5) is 0 Å². The molecule has 1 radical (unpaired) electrons. The lowest BCUT2D eigenvalue weighted by molar-refractivity contribution is 1.16. The molecule has 0 spiro atoms. The van der Waals surface area contributed by atoms with Crippen LogP contribution in [0.25, 0.3) is 0 Å². The van der Waals surface area contributed by atoms with E-state index in [2.05, 4.69) is 35.0 Å². The minimum Gasteiger partial charge on any atom is -0.0924 e. The minimum absolute atomic E-state index is 1.03. The van der Waals surface area contributed by atoms with Gasteiger partial charge in [-0.05, 0) is 25.0 Å². The third-order valence-electron chi connectivity index (χ3n) is 1.38. The molecule has 0 aliphatic heterocycles. The number of hydrogen-bond donors (Lipinski definition) is 0. The van der Waals surface area contributed by atoms with Crippen LogP contribution in [-0.2, 0) is 6.42 Å². The second-order valence-electron chi connectivity index (χ2n) is 2.36. The molecule has 0 bridgehead atoms. The van der Waals surface area contributed by atoms with Crippen molar-refractivity contribution in [3.05, 3.63) is 35.4 Å². The molecule has 0 N–H and O–H groups in total. The first kappa shape index (κ1) is 7.80. The van der Waals surface area contributed by atoms with E-state index >= 15 is 0 Å². The van der Waals surface area contributed by atoms with Gasteiger partial charge in [0.05, 0.1) is 0 Å². The van der Waals surface area contributed by atoms with Gasteiger partial charge in [-0.2, -0.15) is 0 Å². The number of benzene rings is 1. The molecular weight excluding hydrogens is 188 g/mol. The quantitative estimate of drug-likeness (QED) is 0.641. The Labute approximate surface area is 70.4 Å².